The highest BCUT2D eigenvalue weighted by Gasteiger charge is 2.40. The number of rotatable bonds is 4. The van der Waals surface area contributed by atoms with Crippen molar-refractivity contribution in [1.29, 1.82) is 0 Å². The molecule has 1 N–H and O–H groups in total. The van der Waals surface area contributed by atoms with Gasteiger partial charge >= 0.3 is 5.97 Å². The van der Waals surface area contributed by atoms with Crippen molar-refractivity contribution in [2.24, 2.45) is 5.41 Å². The molecule has 23 heavy (non-hydrogen) atoms. The number of aromatic nitrogens is 3. The first-order valence-electron chi connectivity index (χ1n) is 7.20. The van der Waals surface area contributed by atoms with Gasteiger partial charge in [0.05, 0.1) is 28.0 Å². The fraction of sp³-hybridized carbons (Fsp3) is 0.400. The van der Waals surface area contributed by atoms with Crippen molar-refractivity contribution in [3.05, 3.63) is 40.9 Å². The highest BCUT2D eigenvalue weighted by molar-refractivity contribution is 6.32. The number of halogens is 2. The molecule has 3 rings (SSSR count). The number of aliphatic carboxylic acids is 1. The second-order valence-corrected chi connectivity index (χ2v) is 6.48. The SMILES string of the molecule is CC1(C(=O)O)CCN(Cc2cn(-c3ccc(F)cc3Cl)nn2)C1. The molecule has 2 heterocycles. The summed E-state index contributed by atoms with van der Waals surface area (Å²) in [5.74, 6) is -1.19. The van der Waals surface area contributed by atoms with Crippen LogP contribution in [0.15, 0.2) is 24.4 Å². The zero-order chi connectivity index (χ0) is 16.6. The lowest BCUT2D eigenvalue weighted by Gasteiger charge is -2.19. The van der Waals surface area contributed by atoms with Crippen LogP contribution < -0.4 is 0 Å². The molecule has 0 spiro atoms. The van der Waals surface area contributed by atoms with Crippen LogP contribution in [0.5, 0.6) is 0 Å². The van der Waals surface area contributed by atoms with Gasteiger partial charge in [-0.1, -0.05) is 16.8 Å². The van der Waals surface area contributed by atoms with Crippen molar-refractivity contribution < 1.29 is 14.3 Å². The molecule has 1 aliphatic rings. The van der Waals surface area contributed by atoms with Gasteiger partial charge in [-0.05, 0) is 38.1 Å². The van der Waals surface area contributed by atoms with Gasteiger partial charge in [0.2, 0.25) is 0 Å². The van der Waals surface area contributed by atoms with Crippen molar-refractivity contribution in [2.75, 3.05) is 13.1 Å². The number of carboxylic acid groups (broad SMARTS) is 1. The summed E-state index contributed by atoms with van der Waals surface area (Å²) in [6.45, 7) is 3.45. The van der Waals surface area contributed by atoms with Gasteiger partial charge in [-0.15, -0.1) is 5.10 Å². The first-order chi connectivity index (χ1) is 10.9. The first kappa shape index (κ1) is 15.9. The molecule has 0 amide bonds. The molecule has 0 saturated carbocycles. The average Bonchev–Trinajstić information content (AvgIpc) is 3.07. The van der Waals surface area contributed by atoms with Crippen molar-refractivity contribution in [3.8, 4) is 5.69 Å². The third-order valence-corrected chi connectivity index (χ3v) is 4.45. The van der Waals surface area contributed by atoms with E-state index in [1.807, 2.05) is 4.90 Å². The number of likely N-dealkylation sites (tertiary alicyclic amines) is 1. The molecule has 0 aliphatic carbocycles. The number of hydrogen-bond acceptors (Lipinski definition) is 4. The Bertz CT molecular complexity index is 751. The van der Waals surface area contributed by atoms with E-state index in [1.165, 1.54) is 22.9 Å². The highest BCUT2D eigenvalue weighted by atomic mass is 35.5. The molecule has 6 nitrogen and oxygen atoms in total. The summed E-state index contributed by atoms with van der Waals surface area (Å²) in [5.41, 5.74) is 0.541. The predicted octanol–water partition coefficient (Wildman–Crippen LogP) is 2.36. The number of carboxylic acids is 1. The molecule has 1 aliphatic heterocycles. The average molecular weight is 339 g/mol. The monoisotopic (exact) mass is 338 g/mol. The van der Waals surface area contributed by atoms with Gasteiger partial charge in [0.15, 0.2) is 0 Å². The summed E-state index contributed by atoms with van der Waals surface area (Å²) < 4.78 is 14.6. The lowest BCUT2D eigenvalue weighted by Crippen LogP contribution is -2.31. The second-order valence-electron chi connectivity index (χ2n) is 6.08. The smallest absolute Gasteiger partial charge is 0.310 e. The Morgan fingerprint density at radius 1 is 1.52 bits per heavy atom. The zero-order valence-corrected chi connectivity index (χ0v) is 13.3. The molecule has 122 valence electrons. The Kier molecular flexibility index (Phi) is 4.08. The molecule has 1 atom stereocenters. The lowest BCUT2D eigenvalue weighted by molar-refractivity contribution is -0.147. The predicted molar refractivity (Wildman–Crippen MR) is 82.0 cm³/mol. The van der Waals surface area contributed by atoms with E-state index in [1.54, 1.807) is 13.1 Å². The fourth-order valence-electron chi connectivity index (χ4n) is 2.75. The molecule has 1 fully saturated rings. The molecule has 0 bridgehead atoms. The minimum absolute atomic E-state index is 0.251. The van der Waals surface area contributed by atoms with E-state index < -0.39 is 17.2 Å². The summed E-state index contributed by atoms with van der Waals surface area (Å²) in [5, 5.41) is 17.6. The first-order valence-corrected chi connectivity index (χ1v) is 7.58. The van der Waals surface area contributed by atoms with Gasteiger partial charge in [0.1, 0.15) is 5.82 Å². The van der Waals surface area contributed by atoms with Crippen LogP contribution in [0.2, 0.25) is 5.02 Å². The van der Waals surface area contributed by atoms with Crippen LogP contribution >= 0.6 is 11.6 Å². The third-order valence-electron chi connectivity index (χ3n) is 4.15. The summed E-state index contributed by atoms with van der Waals surface area (Å²) in [7, 11) is 0. The van der Waals surface area contributed by atoms with Crippen LogP contribution in [-0.4, -0.2) is 44.1 Å². The highest BCUT2D eigenvalue weighted by Crippen LogP contribution is 2.31. The van der Waals surface area contributed by atoms with E-state index in [0.29, 0.717) is 37.4 Å². The van der Waals surface area contributed by atoms with Crippen molar-refractivity contribution in [2.45, 2.75) is 19.9 Å². The van der Waals surface area contributed by atoms with E-state index in [2.05, 4.69) is 10.3 Å². The summed E-state index contributed by atoms with van der Waals surface area (Å²) in [6, 6.07) is 4.06. The van der Waals surface area contributed by atoms with Crippen LogP contribution in [-0.2, 0) is 11.3 Å². The second kappa shape index (κ2) is 5.90. The molecular weight excluding hydrogens is 323 g/mol. The Morgan fingerprint density at radius 3 is 2.96 bits per heavy atom. The number of benzene rings is 1. The van der Waals surface area contributed by atoms with Gasteiger partial charge in [0.25, 0.3) is 0 Å². The van der Waals surface area contributed by atoms with E-state index in [4.69, 9.17) is 11.6 Å². The van der Waals surface area contributed by atoms with Crippen LogP contribution in [0.3, 0.4) is 0 Å². The van der Waals surface area contributed by atoms with Gasteiger partial charge in [-0.2, -0.15) is 0 Å². The quantitative estimate of drug-likeness (QED) is 0.926. The van der Waals surface area contributed by atoms with Crippen LogP contribution in [0, 0.1) is 11.2 Å². The van der Waals surface area contributed by atoms with Crippen LogP contribution in [0.4, 0.5) is 4.39 Å². The normalized spacial score (nSPS) is 21.7. The van der Waals surface area contributed by atoms with E-state index in [-0.39, 0.29) is 5.02 Å². The maximum Gasteiger partial charge on any atom is 0.310 e. The molecule has 1 unspecified atom stereocenters. The van der Waals surface area contributed by atoms with E-state index in [9.17, 15) is 14.3 Å². The largest absolute Gasteiger partial charge is 0.481 e. The van der Waals surface area contributed by atoms with Crippen molar-refractivity contribution >= 4 is 17.6 Å². The molecule has 1 saturated heterocycles. The molecular formula is C15H16ClFN4O2. The van der Waals surface area contributed by atoms with Gasteiger partial charge in [-0.25, -0.2) is 9.07 Å². The van der Waals surface area contributed by atoms with Crippen LogP contribution in [0.1, 0.15) is 19.0 Å². The number of carbonyl (C=O) groups is 1. The Labute approximate surface area is 137 Å². The van der Waals surface area contributed by atoms with Gasteiger partial charge in [-0.3, -0.25) is 9.69 Å². The van der Waals surface area contributed by atoms with Gasteiger partial charge < -0.3 is 5.11 Å². The number of hydrogen-bond donors (Lipinski definition) is 1. The molecule has 0 radical (unpaired) electrons. The topological polar surface area (TPSA) is 71.2 Å². The Morgan fingerprint density at radius 2 is 2.30 bits per heavy atom. The number of nitrogens with zero attached hydrogens (tertiary/aromatic N) is 4. The van der Waals surface area contributed by atoms with Crippen LogP contribution in [0.25, 0.3) is 5.69 Å². The fourth-order valence-corrected chi connectivity index (χ4v) is 3.00. The lowest BCUT2D eigenvalue weighted by atomic mass is 9.90. The molecule has 2 aromatic rings. The van der Waals surface area contributed by atoms with Crippen molar-refractivity contribution in [3.63, 3.8) is 0 Å². The summed E-state index contributed by atoms with van der Waals surface area (Å²) >= 11 is 6.01. The molecule has 8 heteroatoms. The minimum Gasteiger partial charge on any atom is -0.481 e. The van der Waals surface area contributed by atoms with Gasteiger partial charge in [0, 0.05) is 13.1 Å². The molecule has 1 aromatic heterocycles. The molecule has 1 aromatic carbocycles. The van der Waals surface area contributed by atoms with E-state index >= 15 is 0 Å². The Hall–Kier alpha value is -1.99. The third kappa shape index (κ3) is 3.20. The maximum absolute atomic E-state index is 13.1. The van der Waals surface area contributed by atoms with Crippen molar-refractivity contribution in [1.82, 2.24) is 19.9 Å². The summed E-state index contributed by atoms with van der Waals surface area (Å²) in [4.78, 5) is 13.3. The standard InChI is InChI=1S/C15H16ClFN4O2/c1-15(14(22)23)4-5-20(9-15)7-11-8-21(19-18-11)13-3-2-10(17)6-12(13)16/h2-3,6,8H,4-5,7,9H2,1H3,(H,22,23). The van der Waals surface area contributed by atoms with E-state index in [0.717, 1.165) is 0 Å². The Balaban J connectivity index is 1.72. The summed E-state index contributed by atoms with van der Waals surface area (Å²) in [6.07, 6.45) is 2.33. The minimum atomic E-state index is -0.776. The maximum atomic E-state index is 13.1. The zero-order valence-electron chi connectivity index (χ0n) is 12.5.